The molecule has 3 nitrogen and oxygen atoms in total. The van der Waals surface area contributed by atoms with Gasteiger partial charge in [0.1, 0.15) is 0 Å². The molecule has 1 rings (SSSR count). The molecule has 0 aliphatic carbocycles. The third kappa shape index (κ3) is 3.68. The van der Waals surface area contributed by atoms with Gasteiger partial charge < -0.3 is 4.74 Å². The first-order valence-electron chi connectivity index (χ1n) is 5.94. The molecule has 0 aliphatic heterocycles. The van der Waals surface area contributed by atoms with Crippen molar-refractivity contribution in [3.63, 3.8) is 0 Å². The number of halogens is 1. The molecule has 3 N–H and O–H groups in total. The minimum Gasteiger partial charge on any atom is -0.376 e. The molecule has 17 heavy (non-hydrogen) atoms. The predicted octanol–water partition coefficient (Wildman–Crippen LogP) is 2.91. The van der Waals surface area contributed by atoms with Crippen LogP contribution in [0.4, 0.5) is 0 Å². The highest BCUT2D eigenvalue weighted by atomic mass is 35.5. The van der Waals surface area contributed by atoms with Crippen molar-refractivity contribution in [3.05, 3.63) is 34.9 Å². The van der Waals surface area contributed by atoms with Crippen molar-refractivity contribution in [2.75, 3.05) is 6.61 Å². The molecule has 0 saturated heterocycles. The summed E-state index contributed by atoms with van der Waals surface area (Å²) in [5.74, 6) is 6.01. The Morgan fingerprint density at radius 2 is 2.00 bits per heavy atom. The number of hydrogen-bond donors (Lipinski definition) is 2. The Morgan fingerprint density at radius 1 is 1.35 bits per heavy atom. The molecular formula is C13H21ClN2O. The van der Waals surface area contributed by atoms with E-state index in [1.807, 2.05) is 31.2 Å². The summed E-state index contributed by atoms with van der Waals surface area (Å²) in [5, 5.41) is 0.709. The van der Waals surface area contributed by atoms with Crippen molar-refractivity contribution in [1.82, 2.24) is 5.43 Å². The first-order chi connectivity index (χ1) is 8.11. The average Bonchev–Trinajstić information content (AvgIpc) is 2.31. The number of ether oxygens (including phenoxy) is 1. The molecular weight excluding hydrogens is 236 g/mol. The number of nitrogens with two attached hydrogens (primary N) is 1. The predicted molar refractivity (Wildman–Crippen MR) is 71.8 cm³/mol. The van der Waals surface area contributed by atoms with E-state index in [2.05, 4.69) is 19.3 Å². The number of hydrazine groups is 1. The molecule has 4 heteroatoms. The Balaban J connectivity index is 3.00. The van der Waals surface area contributed by atoms with E-state index in [9.17, 15) is 0 Å². The topological polar surface area (TPSA) is 47.3 Å². The Labute approximate surface area is 108 Å². The number of rotatable bonds is 6. The summed E-state index contributed by atoms with van der Waals surface area (Å²) in [6.07, 6.45) is 0.00454. The van der Waals surface area contributed by atoms with Crippen molar-refractivity contribution in [2.45, 2.75) is 32.9 Å². The van der Waals surface area contributed by atoms with Gasteiger partial charge in [-0.05, 0) is 24.5 Å². The maximum atomic E-state index is 6.20. The third-order valence-corrected chi connectivity index (χ3v) is 3.11. The maximum absolute atomic E-state index is 6.20. The van der Waals surface area contributed by atoms with E-state index in [4.69, 9.17) is 22.2 Å². The van der Waals surface area contributed by atoms with E-state index in [-0.39, 0.29) is 12.1 Å². The summed E-state index contributed by atoms with van der Waals surface area (Å²) in [7, 11) is 0. The lowest BCUT2D eigenvalue weighted by Crippen LogP contribution is -2.40. The molecule has 0 fully saturated rings. The fourth-order valence-electron chi connectivity index (χ4n) is 1.95. The van der Waals surface area contributed by atoms with Crippen LogP contribution in [0, 0.1) is 5.92 Å². The summed E-state index contributed by atoms with van der Waals surface area (Å²) in [5.41, 5.74) is 3.79. The zero-order valence-corrected chi connectivity index (χ0v) is 11.4. The maximum Gasteiger partial charge on any atom is 0.0805 e. The number of nitrogens with one attached hydrogen (secondary N) is 1. The van der Waals surface area contributed by atoms with Crippen molar-refractivity contribution >= 4 is 11.6 Å². The molecule has 0 radical (unpaired) electrons. The van der Waals surface area contributed by atoms with Crippen molar-refractivity contribution in [1.29, 1.82) is 0 Å². The Kier molecular flexibility index (Phi) is 5.92. The van der Waals surface area contributed by atoms with Crippen LogP contribution in [0.3, 0.4) is 0 Å². The quantitative estimate of drug-likeness (QED) is 0.608. The summed E-state index contributed by atoms with van der Waals surface area (Å²) < 4.78 is 5.76. The van der Waals surface area contributed by atoms with Gasteiger partial charge in [-0.15, -0.1) is 0 Å². The van der Waals surface area contributed by atoms with E-state index >= 15 is 0 Å². The van der Waals surface area contributed by atoms with Gasteiger partial charge in [0.25, 0.3) is 0 Å². The molecule has 96 valence electrons. The first kappa shape index (κ1) is 14.5. The molecule has 0 bridgehead atoms. The molecule has 0 heterocycles. The Hall–Kier alpha value is -0.610. The van der Waals surface area contributed by atoms with Crippen LogP contribution in [0.5, 0.6) is 0 Å². The molecule has 1 aromatic carbocycles. The van der Waals surface area contributed by atoms with Crippen LogP contribution < -0.4 is 11.3 Å². The van der Waals surface area contributed by atoms with E-state index < -0.39 is 0 Å². The molecule has 0 spiro atoms. The first-order valence-corrected chi connectivity index (χ1v) is 6.31. The molecule has 1 aromatic rings. The van der Waals surface area contributed by atoms with E-state index in [0.29, 0.717) is 17.5 Å². The van der Waals surface area contributed by atoms with Gasteiger partial charge in [-0.3, -0.25) is 11.3 Å². The van der Waals surface area contributed by atoms with Gasteiger partial charge >= 0.3 is 0 Å². The average molecular weight is 257 g/mol. The molecule has 0 amide bonds. The number of benzene rings is 1. The third-order valence-electron chi connectivity index (χ3n) is 2.76. The molecule has 0 saturated carbocycles. The summed E-state index contributed by atoms with van der Waals surface area (Å²) in [6.45, 7) is 6.87. The van der Waals surface area contributed by atoms with Crippen LogP contribution in [0.15, 0.2) is 24.3 Å². The minimum atomic E-state index is -0.0938. The minimum absolute atomic E-state index is 0.00454. The van der Waals surface area contributed by atoms with E-state index in [0.717, 1.165) is 5.56 Å². The van der Waals surface area contributed by atoms with Crippen molar-refractivity contribution < 1.29 is 4.74 Å². The van der Waals surface area contributed by atoms with Gasteiger partial charge in [0.05, 0.1) is 12.1 Å². The SMILES string of the molecule is CCOC(C(C)C)C(NN)c1ccccc1Cl. The van der Waals surface area contributed by atoms with Gasteiger partial charge in [-0.1, -0.05) is 43.6 Å². The highest BCUT2D eigenvalue weighted by Gasteiger charge is 2.26. The van der Waals surface area contributed by atoms with E-state index in [1.54, 1.807) is 0 Å². The zero-order valence-electron chi connectivity index (χ0n) is 10.6. The largest absolute Gasteiger partial charge is 0.376 e. The monoisotopic (exact) mass is 256 g/mol. The lowest BCUT2D eigenvalue weighted by molar-refractivity contribution is 0.00279. The fourth-order valence-corrected chi connectivity index (χ4v) is 2.21. The second-order valence-electron chi connectivity index (χ2n) is 4.33. The van der Waals surface area contributed by atoms with Crippen molar-refractivity contribution in [3.8, 4) is 0 Å². The fraction of sp³-hybridized carbons (Fsp3) is 0.538. The van der Waals surface area contributed by atoms with Crippen LogP contribution in [-0.4, -0.2) is 12.7 Å². The second kappa shape index (κ2) is 6.97. The number of hydrogen-bond acceptors (Lipinski definition) is 3. The van der Waals surface area contributed by atoms with Gasteiger partial charge in [-0.25, -0.2) is 0 Å². The molecule has 2 atom stereocenters. The lowest BCUT2D eigenvalue weighted by atomic mass is 9.94. The van der Waals surface area contributed by atoms with Crippen LogP contribution in [-0.2, 0) is 4.74 Å². The smallest absolute Gasteiger partial charge is 0.0805 e. The Bertz CT molecular complexity index is 344. The van der Waals surface area contributed by atoms with Crippen LogP contribution in [0.25, 0.3) is 0 Å². The molecule has 0 aliphatic rings. The van der Waals surface area contributed by atoms with Gasteiger partial charge in [0, 0.05) is 11.6 Å². The van der Waals surface area contributed by atoms with Crippen LogP contribution >= 0.6 is 11.6 Å². The summed E-state index contributed by atoms with van der Waals surface area (Å²) in [6, 6.07) is 7.61. The van der Waals surface area contributed by atoms with Gasteiger partial charge in [0.15, 0.2) is 0 Å². The summed E-state index contributed by atoms with van der Waals surface area (Å²) >= 11 is 6.20. The standard InChI is InChI=1S/C13H21ClN2O/c1-4-17-13(9(2)3)12(16-15)10-7-5-6-8-11(10)14/h5-9,12-13,16H,4,15H2,1-3H3. The van der Waals surface area contributed by atoms with Crippen LogP contribution in [0.2, 0.25) is 5.02 Å². The Morgan fingerprint density at radius 3 is 2.47 bits per heavy atom. The second-order valence-corrected chi connectivity index (χ2v) is 4.74. The molecule has 0 aromatic heterocycles. The van der Waals surface area contributed by atoms with Crippen molar-refractivity contribution in [2.24, 2.45) is 11.8 Å². The lowest BCUT2D eigenvalue weighted by Gasteiger charge is -2.30. The normalized spacial score (nSPS) is 14.9. The van der Waals surface area contributed by atoms with Gasteiger partial charge in [0.2, 0.25) is 0 Å². The highest BCUT2D eigenvalue weighted by Crippen LogP contribution is 2.29. The zero-order chi connectivity index (χ0) is 12.8. The summed E-state index contributed by atoms with van der Waals surface area (Å²) in [4.78, 5) is 0. The van der Waals surface area contributed by atoms with E-state index in [1.165, 1.54) is 0 Å². The highest BCUT2D eigenvalue weighted by molar-refractivity contribution is 6.31. The van der Waals surface area contributed by atoms with Gasteiger partial charge in [-0.2, -0.15) is 0 Å². The van der Waals surface area contributed by atoms with Crippen LogP contribution in [0.1, 0.15) is 32.4 Å². The molecule has 2 unspecified atom stereocenters.